The predicted octanol–water partition coefficient (Wildman–Crippen LogP) is 3.89. The normalized spacial score (nSPS) is 16.9. The molecule has 1 atom stereocenters. The molecule has 1 saturated carbocycles. The fraction of sp³-hybridized carbons (Fsp3) is 0.429. The Morgan fingerprint density at radius 1 is 1.40 bits per heavy atom. The quantitative estimate of drug-likeness (QED) is 0.579. The highest BCUT2D eigenvalue weighted by Gasteiger charge is 2.30. The van der Waals surface area contributed by atoms with Gasteiger partial charge in [0.25, 0.3) is 0 Å². The first-order valence-electron chi connectivity index (χ1n) is 6.38. The summed E-state index contributed by atoms with van der Waals surface area (Å²) in [4.78, 5) is 13.7. The smallest absolute Gasteiger partial charge is 0.232 e. The number of benzene rings is 1. The average Bonchev–Trinajstić information content (AvgIpc) is 2.31. The van der Waals surface area contributed by atoms with Crippen molar-refractivity contribution in [3.63, 3.8) is 0 Å². The van der Waals surface area contributed by atoms with Gasteiger partial charge >= 0.3 is 0 Å². The molecule has 0 spiro atoms. The van der Waals surface area contributed by atoms with Crippen LogP contribution in [0, 0.1) is 17.6 Å². The lowest BCUT2D eigenvalue weighted by atomic mass is 9.80. The molecule has 0 bridgehead atoms. The molecule has 20 heavy (non-hydrogen) atoms. The summed E-state index contributed by atoms with van der Waals surface area (Å²) in [6, 6.07) is 2.32. The number of carbonyl (C=O) groups excluding carboxylic acids is 1. The second-order valence-corrected chi connectivity index (χ2v) is 5.63. The van der Waals surface area contributed by atoms with E-state index in [1.807, 2.05) is 0 Å². The standard InChI is InChI=1S/C14H14BrF2NO2/c15-10-6-11(16)14(12(17)7-10)20-13(4-5-18-8-19)9-2-1-3-9/h5-9,13H,1-4H2. The molecule has 0 heterocycles. The van der Waals surface area contributed by atoms with E-state index < -0.39 is 11.6 Å². The molecule has 6 heteroatoms. The predicted molar refractivity (Wildman–Crippen MR) is 75.0 cm³/mol. The lowest BCUT2D eigenvalue weighted by Gasteiger charge is -2.33. The van der Waals surface area contributed by atoms with Gasteiger partial charge in [0, 0.05) is 17.1 Å². The first-order chi connectivity index (χ1) is 9.61. The largest absolute Gasteiger partial charge is 0.484 e. The fourth-order valence-electron chi connectivity index (χ4n) is 2.15. The maximum Gasteiger partial charge on any atom is 0.232 e. The zero-order chi connectivity index (χ0) is 14.5. The summed E-state index contributed by atoms with van der Waals surface area (Å²) >= 11 is 3.02. The minimum absolute atomic E-state index is 0.246. The molecule has 1 aliphatic rings. The van der Waals surface area contributed by atoms with Crippen LogP contribution in [0.3, 0.4) is 0 Å². The highest BCUT2D eigenvalue weighted by Crippen LogP contribution is 2.35. The number of carbonyl (C=O) groups is 1. The molecule has 3 nitrogen and oxygen atoms in total. The zero-order valence-electron chi connectivity index (χ0n) is 10.7. The number of amides is 1. The highest BCUT2D eigenvalue weighted by molar-refractivity contribution is 9.10. The van der Waals surface area contributed by atoms with Crippen molar-refractivity contribution in [2.45, 2.75) is 31.8 Å². The summed E-state index contributed by atoms with van der Waals surface area (Å²) in [6.45, 7) is 0. The molecular formula is C14H14BrF2NO2. The van der Waals surface area contributed by atoms with Crippen LogP contribution in [-0.4, -0.2) is 18.7 Å². The number of ether oxygens (including phenoxy) is 1. The third-order valence-corrected chi connectivity index (χ3v) is 3.87. The molecule has 1 aromatic rings. The summed E-state index contributed by atoms with van der Waals surface area (Å²) in [7, 11) is 0. The minimum Gasteiger partial charge on any atom is -0.484 e. The van der Waals surface area contributed by atoms with E-state index in [0.717, 1.165) is 31.4 Å². The Labute approximate surface area is 124 Å². The highest BCUT2D eigenvalue weighted by atomic mass is 79.9. The van der Waals surface area contributed by atoms with Crippen LogP contribution in [-0.2, 0) is 4.79 Å². The Hall–Kier alpha value is -1.30. The lowest BCUT2D eigenvalue weighted by molar-refractivity contribution is -0.106. The van der Waals surface area contributed by atoms with Gasteiger partial charge in [-0.3, -0.25) is 4.79 Å². The Kier molecular flexibility index (Phi) is 5.23. The van der Waals surface area contributed by atoms with Gasteiger partial charge in [0.1, 0.15) is 6.10 Å². The Bertz CT molecular complexity index is 495. The van der Waals surface area contributed by atoms with Crippen LogP contribution in [0.1, 0.15) is 25.7 Å². The van der Waals surface area contributed by atoms with Gasteiger partial charge < -0.3 is 4.74 Å². The number of aliphatic imine (C=N–C) groups is 1. The molecule has 1 fully saturated rings. The average molecular weight is 346 g/mol. The first-order valence-corrected chi connectivity index (χ1v) is 7.17. The van der Waals surface area contributed by atoms with Crippen LogP contribution in [0.25, 0.3) is 0 Å². The van der Waals surface area contributed by atoms with Gasteiger partial charge in [-0.05, 0) is 30.9 Å². The molecule has 1 unspecified atom stereocenters. The SMILES string of the molecule is O=CN=CCC(Oc1c(F)cc(Br)cc1F)C1CCC1. The summed E-state index contributed by atoms with van der Waals surface area (Å²) in [5.41, 5.74) is 0. The van der Waals surface area contributed by atoms with Gasteiger partial charge in [0.05, 0.1) is 0 Å². The third-order valence-electron chi connectivity index (χ3n) is 3.41. The molecular weight excluding hydrogens is 332 g/mol. The summed E-state index contributed by atoms with van der Waals surface area (Å²) in [6.07, 6.45) is 4.85. The Morgan fingerprint density at radius 3 is 2.55 bits per heavy atom. The summed E-state index contributed by atoms with van der Waals surface area (Å²) < 4.78 is 33.3. The molecule has 0 radical (unpaired) electrons. The molecule has 0 saturated heterocycles. The monoisotopic (exact) mass is 345 g/mol. The molecule has 1 aliphatic carbocycles. The van der Waals surface area contributed by atoms with Crippen molar-refractivity contribution in [3.8, 4) is 5.75 Å². The fourth-order valence-corrected chi connectivity index (χ4v) is 2.55. The number of hydrogen-bond acceptors (Lipinski definition) is 2. The zero-order valence-corrected chi connectivity index (χ0v) is 12.3. The summed E-state index contributed by atoms with van der Waals surface area (Å²) in [5, 5.41) is 0. The van der Waals surface area contributed by atoms with Gasteiger partial charge in [0.2, 0.25) is 6.41 Å². The second-order valence-electron chi connectivity index (χ2n) is 4.72. The van der Waals surface area contributed by atoms with Crippen LogP contribution < -0.4 is 4.74 Å². The number of nitrogens with zero attached hydrogens (tertiary/aromatic N) is 1. The van der Waals surface area contributed by atoms with Crippen LogP contribution in [0.15, 0.2) is 21.6 Å². The third kappa shape index (κ3) is 3.62. The molecule has 1 aromatic carbocycles. The Morgan fingerprint density at radius 2 is 2.05 bits per heavy atom. The van der Waals surface area contributed by atoms with E-state index in [1.54, 1.807) is 0 Å². The van der Waals surface area contributed by atoms with Gasteiger partial charge in [-0.1, -0.05) is 22.4 Å². The van der Waals surface area contributed by atoms with Gasteiger partial charge in [-0.2, -0.15) is 0 Å². The van der Waals surface area contributed by atoms with Crippen LogP contribution >= 0.6 is 15.9 Å². The van der Waals surface area contributed by atoms with Crippen molar-refractivity contribution in [2.24, 2.45) is 10.9 Å². The van der Waals surface area contributed by atoms with E-state index in [1.165, 1.54) is 6.21 Å². The van der Waals surface area contributed by atoms with Crippen molar-refractivity contribution in [2.75, 3.05) is 0 Å². The molecule has 0 aromatic heterocycles. The molecule has 0 N–H and O–H groups in total. The first kappa shape index (κ1) is 15.1. The van der Waals surface area contributed by atoms with E-state index in [-0.39, 0.29) is 17.8 Å². The topological polar surface area (TPSA) is 38.7 Å². The van der Waals surface area contributed by atoms with Crippen molar-refractivity contribution in [3.05, 3.63) is 28.2 Å². The van der Waals surface area contributed by atoms with E-state index in [0.29, 0.717) is 17.3 Å². The van der Waals surface area contributed by atoms with Crippen LogP contribution in [0.5, 0.6) is 5.75 Å². The van der Waals surface area contributed by atoms with Gasteiger partial charge in [0.15, 0.2) is 17.4 Å². The maximum absolute atomic E-state index is 13.8. The Balaban J connectivity index is 2.14. The lowest BCUT2D eigenvalue weighted by Crippen LogP contribution is -2.32. The summed E-state index contributed by atoms with van der Waals surface area (Å²) in [5.74, 6) is -1.61. The van der Waals surface area contributed by atoms with Crippen LogP contribution in [0.2, 0.25) is 0 Å². The van der Waals surface area contributed by atoms with Crippen LogP contribution in [0.4, 0.5) is 8.78 Å². The molecule has 1 amide bonds. The van der Waals surface area contributed by atoms with E-state index in [9.17, 15) is 13.6 Å². The van der Waals surface area contributed by atoms with E-state index >= 15 is 0 Å². The van der Waals surface area contributed by atoms with Crippen molar-refractivity contribution >= 4 is 28.6 Å². The van der Waals surface area contributed by atoms with Gasteiger partial charge in [-0.25, -0.2) is 13.8 Å². The van der Waals surface area contributed by atoms with Crippen molar-refractivity contribution in [1.29, 1.82) is 0 Å². The van der Waals surface area contributed by atoms with Crippen molar-refractivity contribution < 1.29 is 18.3 Å². The molecule has 2 rings (SSSR count). The number of rotatable bonds is 6. The molecule has 0 aliphatic heterocycles. The van der Waals surface area contributed by atoms with E-state index in [4.69, 9.17) is 4.74 Å². The second kappa shape index (κ2) is 6.92. The molecule has 108 valence electrons. The van der Waals surface area contributed by atoms with Gasteiger partial charge in [-0.15, -0.1) is 0 Å². The van der Waals surface area contributed by atoms with E-state index in [2.05, 4.69) is 20.9 Å². The number of hydrogen-bond donors (Lipinski definition) is 0. The maximum atomic E-state index is 13.8. The van der Waals surface area contributed by atoms with Crippen molar-refractivity contribution in [1.82, 2.24) is 0 Å². The minimum atomic E-state index is -0.742. The number of halogens is 3.